The third kappa shape index (κ3) is 10.9. The van der Waals surface area contributed by atoms with Crippen LogP contribution in [-0.4, -0.2) is 61.4 Å². The highest BCUT2D eigenvalue weighted by molar-refractivity contribution is 6.10. The first-order valence-electron chi connectivity index (χ1n) is 15.3. The molecule has 0 unspecified atom stereocenters. The summed E-state index contributed by atoms with van der Waals surface area (Å²) >= 11 is 0. The Morgan fingerprint density at radius 1 is 0.827 bits per heavy atom. The molecule has 0 aliphatic carbocycles. The molecule has 11 nitrogen and oxygen atoms in total. The van der Waals surface area contributed by atoms with E-state index in [1.807, 2.05) is 12.1 Å². The summed E-state index contributed by atoms with van der Waals surface area (Å²) in [5.74, 6) is -13.6. The van der Waals surface area contributed by atoms with Crippen LogP contribution in [0.25, 0.3) is 0 Å². The Kier molecular flexibility index (Phi) is 13.4. The second kappa shape index (κ2) is 17.2. The molecule has 0 aliphatic rings. The lowest BCUT2D eigenvalue weighted by molar-refractivity contribution is -0.165. The standard InChI is InChI=1S/C35H31F6N5O6/c1-19(2)28(30(47)35(40,41)33(50)44-18-34(37,38)39)45-32(49)29(23-7-9-25(51-3)10-8-23)46-31(48)27(15-20-5-4-6-24(36)12-20)52-26-13-21(16-42)11-22(14-26)17-43/h4-14,19,27-29H,15,18H2,1-3H3,(H,44,50)(H,45,49)(H,46,48)/t27-,28+,29+/m1/s1. The van der Waals surface area contributed by atoms with E-state index in [-0.39, 0.29) is 34.4 Å². The minimum Gasteiger partial charge on any atom is -0.497 e. The van der Waals surface area contributed by atoms with Gasteiger partial charge in [-0.1, -0.05) is 38.1 Å². The Morgan fingerprint density at radius 3 is 1.96 bits per heavy atom. The first-order valence-corrected chi connectivity index (χ1v) is 15.3. The highest BCUT2D eigenvalue weighted by Gasteiger charge is 2.52. The van der Waals surface area contributed by atoms with E-state index in [4.69, 9.17) is 9.47 Å². The molecule has 0 spiro atoms. The molecule has 3 atom stereocenters. The van der Waals surface area contributed by atoms with E-state index in [0.717, 1.165) is 17.4 Å². The lowest BCUT2D eigenvalue weighted by Gasteiger charge is -2.28. The Balaban J connectivity index is 2.01. The Labute approximate surface area is 293 Å². The van der Waals surface area contributed by atoms with Gasteiger partial charge in [-0.15, -0.1) is 0 Å². The summed E-state index contributed by atoms with van der Waals surface area (Å²) in [6, 6.07) is 14.0. The molecule has 0 saturated heterocycles. The fraction of sp³-hybridized carbons (Fsp3) is 0.314. The molecule has 0 saturated carbocycles. The van der Waals surface area contributed by atoms with Crippen LogP contribution in [0.5, 0.6) is 11.5 Å². The second-order valence-electron chi connectivity index (χ2n) is 11.6. The average Bonchev–Trinajstić information content (AvgIpc) is 3.10. The Morgan fingerprint density at radius 2 is 1.44 bits per heavy atom. The molecule has 3 rings (SSSR count). The van der Waals surface area contributed by atoms with E-state index < -0.39 is 72.1 Å². The van der Waals surface area contributed by atoms with Gasteiger partial charge in [0.1, 0.15) is 29.9 Å². The van der Waals surface area contributed by atoms with Crippen molar-refractivity contribution >= 4 is 23.5 Å². The first kappa shape index (κ1) is 40.3. The molecule has 0 bridgehead atoms. The number of ketones is 1. The lowest BCUT2D eigenvalue weighted by atomic mass is 9.94. The SMILES string of the molecule is COc1ccc([C@H](NC(=O)[C@@H](Cc2cccc(F)c2)Oc2cc(C#N)cc(C#N)c2)C(=O)N[C@H](C(=O)C(F)(F)C(=O)NCC(F)(F)F)C(C)C)cc1. The number of carbonyl (C=O) groups excluding carboxylic acids is 4. The van der Waals surface area contributed by atoms with Crippen LogP contribution in [0, 0.1) is 34.4 Å². The van der Waals surface area contributed by atoms with Crippen molar-refractivity contribution in [3.05, 3.63) is 94.8 Å². The molecule has 3 N–H and O–H groups in total. The quantitative estimate of drug-likeness (QED) is 0.152. The number of rotatable bonds is 15. The predicted octanol–water partition coefficient (Wildman–Crippen LogP) is 4.45. The number of halogens is 6. The lowest BCUT2D eigenvalue weighted by Crippen LogP contribution is -2.58. The summed E-state index contributed by atoms with van der Waals surface area (Å²) < 4.78 is 92.5. The van der Waals surface area contributed by atoms with Crippen LogP contribution in [0.1, 0.15) is 42.1 Å². The highest BCUT2D eigenvalue weighted by Crippen LogP contribution is 2.25. The van der Waals surface area contributed by atoms with Gasteiger partial charge in [0.2, 0.25) is 11.7 Å². The number of benzene rings is 3. The van der Waals surface area contributed by atoms with Gasteiger partial charge in [-0.05, 0) is 59.5 Å². The van der Waals surface area contributed by atoms with Gasteiger partial charge in [0.25, 0.3) is 11.8 Å². The number of carbonyl (C=O) groups is 4. The number of nitrogens with zero attached hydrogens (tertiary/aromatic N) is 2. The number of hydrogen-bond acceptors (Lipinski definition) is 8. The van der Waals surface area contributed by atoms with Crippen molar-refractivity contribution in [1.29, 1.82) is 10.5 Å². The molecule has 0 heterocycles. The van der Waals surface area contributed by atoms with Gasteiger partial charge in [-0.3, -0.25) is 19.2 Å². The number of nitrogens with one attached hydrogen (secondary N) is 3. The molecule has 0 radical (unpaired) electrons. The molecule has 17 heteroatoms. The van der Waals surface area contributed by atoms with Crippen molar-refractivity contribution in [2.45, 2.75) is 50.6 Å². The number of ether oxygens (including phenoxy) is 2. The fourth-order valence-electron chi connectivity index (χ4n) is 4.73. The summed E-state index contributed by atoms with van der Waals surface area (Å²) in [7, 11) is 1.35. The van der Waals surface area contributed by atoms with E-state index in [1.165, 1.54) is 75.6 Å². The number of hydrogen-bond donors (Lipinski definition) is 3. The summed E-state index contributed by atoms with van der Waals surface area (Å²) in [5.41, 5.74) is 0.281. The first-order chi connectivity index (χ1) is 24.4. The van der Waals surface area contributed by atoms with Crippen LogP contribution < -0.4 is 25.4 Å². The topological polar surface area (TPSA) is 170 Å². The highest BCUT2D eigenvalue weighted by atomic mass is 19.4. The molecule has 0 fully saturated rings. The summed E-state index contributed by atoms with van der Waals surface area (Å²) in [4.78, 5) is 52.6. The zero-order valence-electron chi connectivity index (χ0n) is 27.7. The maximum atomic E-state index is 14.9. The van der Waals surface area contributed by atoms with Crippen LogP contribution in [0.3, 0.4) is 0 Å². The normalized spacial score (nSPS) is 13.1. The van der Waals surface area contributed by atoms with E-state index in [2.05, 4.69) is 10.6 Å². The van der Waals surface area contributed by atoms with Gasteiger partial charge in [0, 0.05) is 6.42 Å². The van der Waals surface area contributed by atoms with Crippen molar-refractivity contribution in [3.63, 3.8) is 0 Å². The van der Waals surface area contributed by atoms with Gasteiger partial charge in [-0.25, -0.2) is 4.39 Å². The fourth-order valence-corrected chi connectivity index (χ4v) is 4.73. The summed E-state index contributed by atoms with van der Waals surface area (Å²) in [6.45, 7) is 0.304. The van der Waals surface area contributed by atoms with Crippen LogP contribution >= 0.6 is 0 Å². The Bertz CT molecular complexity index is 1840. The molecule has 3 amide bonds. The number of methoxy groups -OCH3 is 1. The van der Waals surface area contributed by atoms with Gasteiger partial charge >= 0.3 is 12.1 Å². The molecule has 0 aliphatic heterocycles. The monoisotopic (exact) mass is 731 g/mol. The van der Waals surface area contributed by atoms with Gasteiger partial charge in [-0.2, -0.15) is 32.5 Å². The minimum absolute atomic E-state index is 0.00253. The zero-order chi connectivity index (χ0) is 38.8. The number of alkyl halides is 5. The van der Waals surface area contributed by atoms with Crippen LogP contribution in [0.2, 0.25) is 0 Å². The molecule has 3 aromatic rings. The molecule has 274 valence electrons. The Hall–Kier alpha value is -6.10. The van der Waals surface area contributed by atoms with Crippen LogP contribution in [0.15, 0.2) is 66.7 Å². The third-order valence-corrected chi connectivity index (χ3v) is 7.33. The van der Waals surface area contributed by atoms with Crippen molar-refractivity contribution in [3.8, 4) is 23.6 Å². The van der Waals surface area contributed by atoms with Crippen LogP contribution in [-0.2, 0) is 25.6 Å². The molecule has 0 aromatic heterocycles. The van der Waals surface area contributed by atoms with Gasteiger partial charge < -0.3 is 25.4 Å². The van der Waals surface area contributed by atoms with Crippen LogP contribution in [0.4, 0.5) is 26.3 Å². The molecular formula is C35H31F6N5O6. The van der Waals surface area contributed by atoms with Crippen molar-refractivity contribution in [2.24, 2.45) is 5.92 Å². The van der Waals surface area contributed by atoms with E-state index >= 15 is 0 Å². The van der Waals surface area contributed by atoms with E-state index in [0.29, 0.717) is 5.75 Å². The van der Waals surface area contributed by atoms with Crippen molar-refractivity contribution < 1.29 is 55.0 Å². The maximum absolute atomic E-state index is 14.9. The van der Waals surface area contributed by atoms with E-state index in [9.17, 15) is 56.0 Å². The van der Waals surface area contributed by atoms with E-state index in [1.54, 1.807) is 0 Å². The number of amides is 3. The number of Topliss-reactive ketones (excluding diaryl/α,β-unsaturated/α-hetero) is 1. The maximum Gasteiger partial charge on any atom is 0.405 e. The minimum atomic E-state index is -5.06. The zero-order valence-corrected chi connectivity index (χ0v) is 27.7. The van der Waals surface area contributed by atoms with Crippen molar-refractivity contribution in [1.82, 2.24) is 16.0 Å². The molecular weight excluding hydrogens is 700 g/mol. The second-order valence-corrected chi connectivity index (χ2v) is 11.6. The van der Waals surface area contributed by atoms with Gasteiger partial charge in [0.15, 0.2) is 6.10 Å². The largest absolute Gasteiger partial charge is 0.497 e. The predicted molar refractivity (Wildman–Crippen MR) is 170 cm³/mol. The number of nitriles is 2. The summed E-state index contributed by atoms with van der Waals surface area (Å²) in [6.07, 6.45) is -6.97. The van der Waals surface area contributed by atoms with Crippen molar-refractivity contribution in [2.75, 3.05) is 13.7 Å². The smallest absolute Gasteiger partial charge is 0.405 e. The average molecular weight is 732 g/mol. The summed E-state index contributed by atoms with van der Waals surface area (Å²) in [5, 5.41) is 24.2. The molecule has 52 heavy (non-hydrogen) atoms. The third-order valence-electron chi connectivity index (χ3n) is 7.33. The van der Waals surface area contributed by atoms with Gasteiger partial charge in [0.05, 0.1) is 36.4 Å². The molecule has 3 aromatic carbocycles.